The molecule has 4 fully saturated rings. The van der Waals surface area contributed by atoms with Gasteiger partial charge < -0.3 is 59.8 Å². The van der Waals surface area contributed by atoms with Crippen LogP contribution in [0.3, 0.4) is 0 Å². The molecule has 0 aromatic heterocycles. The highest BCUT2D eigenvalue weighted by molar-refractivity contribution is 5.68. The van der Waals surface area contributed by atoms with Crippen LogP contribution in [0.5, 0.6) is 69.0 Å². The van der Waals surface area contributed by atoms with E-state index in [-0.39, 0.29) is 70.4 Å². The summed E-state index contributed by atoms with van der Waals surface area (Å²) < 4.78 is 29.2. The van der Waals surface area contributed by atoms with Gasteiger partial charge in [-0.3, -0.25) is 0 Å². The maximum Gasteiger partial charge on any atom is 0.127 e. The highest BCUT2D eigenvalue weighted by Gasteiger charge is 2.39. The van der Waals surface area contributed by atoms with Gasteiger partial charge in [-0.15, -0.1) is 0 Å². The summed E-state index contributed by atoms with van der Waals surface area (Å²) in [4.78, 5) is 0. The Hall–Kier alpha value is -8.64. The minimum atomic E-state index is -0.944. The second kappa shape index (κ2) is 26.5. The van der Waals surface area contributed by atoms with Gasteiger partial charge in [-0.05, 0) is 221 Å². The van der Waals surface area contributed by atoms with Gasteiger partial charge in [-0.25, -0.2) is 0 Å². The SMILES string of the molecule is CC1CCC(Oc2cc(O)c3cc2C(c2ccc(O)cc2)c2cc(c(O)cc2OC2CCC(C)CC2)C(c2ccc(O)cc2)c2cc(c(OC4CCC(C)CC4)cc2O)C(c2ccc(O)cc2)c2cc(c(O)cc2OC2CCC(C)CC2)C3c2ccc(O)cc2)CC1. The van der Waals surface area contributed by atoms with Crippen LogP contribution in [0.1, 0.15) is 221 Å². The van der Waals surface area contributed by atoms with E-state index in [4.69, 9.17) is 18.9 Å². The van der Waals surface area contributed by atoms with Gasteiger partial charge in [0, 0.05) is 92.4 Å². The molecule has 92 heavy (non-hydrogen) atoms. The molecule has 0 aliphatic heterocycles. The summed E-state index contributed by atoms with van der Waals surface area (Å²) in [7, 11) is 0. The first-order chi connectivity index (χ1) is 44.5. The lowest BCUT2D eigenvalue weighted by Gasteiger charge is -2.34. The van der Waals surface area contributed by atoms with Crippen LogP contribution in [0.4, 0.5) is 0 Å². The Morgan fingerprint density at radius 3 is 0.587 bits per heavy atom. The van der Waals surface area contributed by atoms with Crippen LogP contribution in [-0.4, -0.2) is 65.3 Å². The summed E-state index contributed by atoms with van der Waals surface area (Å²) >= 11 is 0. The topological polar surface area (TPSA) is 199 Å². The molecule has 480 valence electrons. The van der Waals surface area contributed by atoms with Gasteiger partial charge in [0.2, 0.25) is 0 Å². The van der Waals surface area contributed by atoms with Crippen molar-refractivity contribution in [3.05, 3.63) is 212 Å². The third-order valence-corrected chi connectivity index (χ3v) is 21.1. The van der Waals surface area contributed by atoms with Gasteiger partial charge in [-0.2, -0.15) is 0 Å². The average Bonchev–Trinajstić information content (AvgIpc) is 0.749. The maximum absolute atomic E-state index is 13.2. The lowest BCUT2D eigenvalue weighted by atomic mass is 9.75. The first-order valence-electron chi connectivity index (χ1n) is 33.8. The van der Waals surface area contributed by atoms with Crippen LogP contribution in [-0.2, 0) is 0 Å². The molecule has 4 saturated carbocycles. The first kappa shape index (κ1) is 62.2. The molecule has 8 N–H and O–H groups in total. The standard InChI is InChI=1S/C80H88O12/c1-45-5-29-57(30-6-45)89-73-41-69(85)61-37-65(73)79(51-17-25-55(83)26-18-51)66-38-62(70(86)42-74(66)90-58-31-7-46(2)8-32-58)78(50-15-23-54(82)24-16-50)64-40-68(76(44-72(64)88)92-60-35-11-48(4)12-36-60)80(52-19-27-56(84)28-20-52)67-39-63(77(61)49-13-21-53(81)22-14-49)71(87)43-75(67)91-59-33-9-47(3)10-34-59/h13-28,37-48,57-60,77-88H,5-12,29-36H2,1-4H3. The van der Waals surface area contributed by atoms with E-state index in [0.717, 1.165) is 114 Å². The van der Waals surface area contributed by atoms with Crippen LogP contribution in [0, 0.1) is 23.7 Å². The molecule has 0 radical (unpaired) electrons. The Morgan fingerprint density at radius 2 is 0.402 bits per heavy atom. The molecule has 0 spiro atoms. The molecular formula is C80H88O12. The summed E-state index contributed by atoms with van der Waals surface area (Å²) in [6.45, 7) is 9.04. The zero-order valence-electron chi connectivity index (χ0n) is 53.3. The fourth-order valence-corrected chi connectivity index (χ4v) is 15.5. The summed E-state index contributed by atoms with van der Waals surface area (Å²) in [5.41, 5.74) is 6.92. The summed E-state index contributed by atoms with van der Waals surface area (Å²) in [6.07, 6.45) is 13.2. The number of benzene rings is 8. The first-order valence-corrected chi connectivity index (χ1v) is 33.8. The third kappa shape index (κ3) is 13.2. The molecule has 0 saturated heterocycles. The zero-order chi connectivity index (χ0) is 63.9. The van der Waals surface area contributed by atoms with Gasteiger partial charge in [0.1, 0.15) is 69.0 Å². The van der Waals surface area contributed by atoms with E-state index in [2.05, 4.69) is 27.7 Å². The molecule has 12 nitrogen and oxygen atoms in total. The Kier molecular flexibility index (Phi) is 17.9. The van der Waals surface area contributed by atoms with Crippen molar-refractivity contribution >= 4 is 0 Å². The monoisotopic (exact) mass is 1240 g/mol. The second-order valence-electron chi connectivity index (χ2n) is 27.9. The van der Waals surface area contributed by atoms with Gasteiger partial charge in [0.15, 0.2) is 0 Å². The van der Waals surface area contributed by atoms with Crippen LogP contribution in [0.2, 0.25) is 0 Å². The van der Waals surface area contributed by atoms with Crippen molar-refractivity contribution in [2.75, 3.05) is 0 Å². The Labute approximate surface area is 540 Å². The van der Waals surface area contributed by atoms with E-state index in [1.165, 1.54) is 0 Å². The van der Waals surface area contributed by atoms with E-state index in [9.17, 15) is 40.9 Å². The van der Waals surface area contributed by atoms with Crippen molar-refractivity contribution in [3.63, 3.8) is 0 Å². The van der Waals surface area contributed by atoms with Gasteiger partial charge in [0.05, 0.1) is 24.4 Å². The minimum Gasteiger partial charge on any atom is -0.508 e. The molecule has 0 amide bonds. The maximum atomic E-state index is 13.2. The number of fused-ring (bicyclic) bond motifs is 8. The fourth-order valence-electron chi connectivity index (χ4n) is 15.5. The second-order valence-corrected chi connectivity index (χ2v) is 27.9. The van der Waals surface area contributed by atoms with Crippen molar-refractivity contribution in [3.8, 4) is 69.0 Å². The Balaban J connectivity index is 1.18. The molecular weight excluding hydrogens is 1150 g/mol. The van der Waals surface area contributed by atoms with Gasteiger partial charge in [0.25, 0.3) is 0 Å². The van der Waals surface area contributed by atoms with E-state index < -0.39 is 23.7 Å². The lowest BCUT2D eigenvalue weighted by Crippen LogP contribution is -2.25. The predicted octanol–water partition coefficient (Wildman–Crippen LogP) is 18.2. The van der Waals surface area contributed by atoms with Crippen molar-refractivity contribution in [2.24, 2.45) is 23.7 Å². The number of aromatic hydroxyl groups is 8. The van der Waals surface area contributed by atoms with Crippen molar-refractivity contribution in [1.29, 1.82) is 0 Å². The number of hydrogen-bond donors (Lipinski definition) is 8. The van der Waals surface area contributed by atoms with Crippen molar-refractivity contribution in [2.45, 2.75) is 179 Å². The smallest absolute Gasteiger partial charge is 0.127 e. The molecule has 5 aliphatic rings. The number of phenols is 8. The number of hydrogen-bond acceptors (Lipinski definition) is 12. The summed E-state index contributed by atoms with van der Waals surface area (Å²) in [5.74, 6) is 0.00626. The molecule has 0 atom stereocenters. The third-order valence-electron chi connectivity index (χ3n) is 21.1. The van der Waals surface area contributed by atoms with E-state index in [0.29, 0.717) is 102 Å². The molecule has 8 aromatic carbocycles. The van der Waals surface area contributed by atoms with E-state index >= 15 is 0 Å². The molecule has 0 unspecified atom stereocenters. The molecule has 5 aliphatic carbocycles. The molecule has 8 aromatic rings. The fraction of sp³-hybridized carbons (Fsp3) is 0.400. The number of ether oxygens (including phenoxy) is 4. The van der Waals surface area contributed by atoms with Gasteiger partial charge >= 0.3 is 0 Å². The Morgan fingerprint density at radius 1 is 0.228 bits per heavy atom. The van der Waals surface area contributed by atoms with Crippen LogP contribution >= 0.6 is 0 Å². The highest BCUT2D eigenvalue weighted by atomic mass is 16.5. The average molecular weight is 1240 g/mol. The molecule has 13 rings (SSSR count). The van der Waals surface area contributed by atoms with Crippen LogP contribution in [0.25, 0.3) is 0 Å². The number of rotatable bonds is 12. The van der Waals surface area contributed by atoms with Crippen molar-refractivity contribution < 1.29 is 59.8 Å². The minimum absolute atomic E-state index is 0.0319. The summed E-state index contributed by atoms with van der Waals surface area (Å²) in [6, 6.07) is 42.5. The highest BCUT2D eigenvalue weighted by Crippen LogP contribution is 2.56. The largest absolute Gasteiger partial charge is 0.508 e. The quantitative estimate of drug-likeness (QED) is 0.0577. The predicted molar refractivity (Wildman–Crippen MR) is 357 cm³/mol. The Bertz CT molecular complexity index is 3450. The van der Waals surface area contributed by atoms with E-state index in [1.807, 2.05) is 72.8 Å². The molecule has 12 heteroatoms. The van der Waals surface area contributed by atoms with Crippen LogP contribution in [0.15, 0.2) is 146 Å². The van der Waals surface area contributed by atoms with E-state index in [1.54, 1.807) is 72.8 Å². The normalized spacial score (nSPS) is 25.7. The molecule has 0 heterocycles. The summed E-state index contributed by atoms with van der Waals surface area (Å²) in [5, 5.41) is 97.2. The van der Waals surface area contributed by atoms with Gasteiger partial charge in [-0.1, -0.05) is 76.2 Å². The zero-order valence-corrected chi connectivity index (χ0v) is 53.3. The lowest BCUT2D eigenvalue weighted by molar-refractivity contribution is 0.132. The number of phenolic OH excluding ortho intramolecular Hbond substituents is 8. The van der Waals surface area contributed by atoms with Crippen LogP contribution < -0.4 is 18.9 Å². The molecule has 8 bridgehead atoms. The van der Waals surface area contributed by atoms with Crippen molar-refractivity contribution in [1.82, 2.24) is 0 Å².